The van der Waals surface area contributed by atoms with Crippen LogP contribution in [0.2, 0.25) is 0 Å². The predicted octanol–water partition coefficient (Wildman–Crippen LogP) is 11.3. The highest BCUT2D eigenvalue weighted by Crippen LogP contribution is 2.43. The van der Waals surface area contributed by atoms with Gasteiger partial charge in [0.25, 0.3) is 5.78 Å². The van der Waals surface area contributed by atoms with E-state index in [1.54, 1.807) is 0 Å². The average molecular weight is 543 g/mol. The summed E-state index contributed by atoms with van der Waals surface area (Å²) in [5.74, 6) is 0.534. The van der Waals surface area contributed by atoms with Gasteiger partial charge in [0.15, 0.2) is 0 Å². The molecule has 42 heavy (non-hydrogen) atoms. The van der Waals surface area contributed by atoms with Crippen molar-refractivity contribution in [2.24, 2.45) is 0 Å². The van der Waals surface area contributed by atoms with Crippen LogP contribution in [0.25, 0.3) is 33.1 Å². The third-order valence-corrected chi connectivity index (χ3v) is 7.65. The van der Waals surface area contributed by atoms with E-state index in [2.05, 4.69) is 131 Å². The fraction of sp³-hybridized carbons (Fsp3) is 0. The lowest BCUT2D eigenvalue weighted by atomic mass is 10.1. The first-order valence-electron chi connectivity index (χ1n) is 14.0. The van der Waals surface area contributed by atoms with Gasteiger partial charge in [-0.15, -0.1) is 0 Å². The second-order valence-corrected chi connectivity index (χ2v) is 10.2. The van der Waals surface area contributed by atoms with Gasteiger partial charge in [0.1, 0.15) is 11.2 Å². The SMILES string of the molecule is c1ccc(N(c2ccccc2)c2ccc3oc4oc5ccc(N(c6ccccc6)c6ccccc6)cc5c4c3c2)cc1. The molecule has 0 bridgehead atoms. The standard InChI is InChI=1S/C38H26N2O2/c1-5-13-27(14-6-1)39(28-15-7-2-8-16-28)31-21-23-35-33(25-31)37-34-26-32(22-24-36(34)42-38(37)41-35)40(29-17-9-3-10-18-29)30-19-11-4-12-20-30/h1-26H. The van der Waals surface area contributed by atoms with Crippen LogP contribution in [0.15, 0.2) is 167 Å². The molecule has 200 valence electrons. The minimum Gasteiger partial charge on any atom is -0.425 e. The highest BCUT2D eigenvalue weighted by atomic mass is 16.5. The molecule has 8 aromatic rings. The van der Waals surface area contributed by atoms with Gasteiger partial charge in [-0.25, -0.2) is 0 Å². The maximum absolute atomic E-state index is 6.25. The average Bonchev–Trinajstić information content (AvgIpc) is 3.59. The van der Waals surface area contributed by atoms with Crippen LogP contribution in [0.3, 0.4) is 0 Å². The first-order chi connectivity index (χ1) is 20.8. The van der Waals surface area contributed by atoms with E-state index in [4.69, 9.17) is 8.83 Å². The summed E-state index contributed by atoms with van der Waals surface area (Å²) in [5, 5.41) is 3.01. The van der Waals surface area contributed by atoms with E-state index in [-0.39, 0.29) is 0 Å². The Morgan fingerprint density at radius 2 is 0.667 bits per heavy atom. The van der Waals surface area contributed by atoms with Crippen molar-refractivity contribution >= 4 is 67.2 Å². The van der Waals surface area contributed by atoms with Crippen LogP contribution in [0.1, 0.15) is 0 Å². The smallest absolute Gasteiger partial charge is 0.299 e. The van der Waals surface area contributed by atoms with Crippen LogP contribution in [0, 0.1) is 0 Å². The van der Waals surface area contributed by atoms with Crippen LogP contribution < -0.4 is 9.80 Å². The molecule has 0 saturated heterocycles. The number of furan rings is 2. The van der Waals surface area contributed by atoms with E-state index in [9.17, 15) is 0 Å². The van der Waals surface area contributed by atoms with Crippen molar-refractivity contribution in [2.75, 3.05) is 9.80 Å². The van der Waals surface area contributed by atoms with E-state index in [1.165, 1.54) is 0 Å². The van der Waals surface area contributed by atoms with Crippen molar-refractivity contribution in [3.63, 3.8) is 0 Å². The van der Waals surface area contributed by atoms with Crippen LogP contribution in [-0.2, 0) is 0 Å². The molecule has 4 nitrogen and oxygen atoms in total. The number of hydrogen-bond donors (Lipinski definition) is 0. The third kappa shape index (κ3) is 4.09. The second-order valence-electron chi connectivity index (χ2n) is 10.2. The van der Waals surface area contributed by atoms with Gasteiger partial charge < -0.3 is 18.6 Å². The number of hydrogen-bond acceptors (Lipinski definition) is 4. The summed E-state index contributed by atoms with van der Waals surface area (Å²) < 4.78 is 12.5. The molecule has 6 aromatic carbocycles. The molecule has 2 aromatic heterocycles. The minimum atomic E-state index is 0.534. The van der Waals surface area contributed by atoms with E-state index >= 15 is 0 Å². The van der Waals surface area contributed by atoms with Crippen molar-refractivity contribution in [1.29, 1.82) is 0 Å². The fourth-order valence-corrected chi connectivity index (χ4v) is 5.77. The molecule has 0 aliphatic heterocycles. The number of anilines is 6. The van der Waals surface area contributed by atoms with Gasteiger partial charge in [-0.2, -0.15) is 0 Å². The molecule has 0 saturated carbocycles. The Kier molecular flexibility index (Phi) is 5.75. The molecule has 0 amide bonds. The summed E-state index contributed by atoms with van der Waals surface area (Å²) in [7, 11) is 0. The Bertz CT molecular complexity index is 1900. The summed E-state index contributed by atoms with van der Waals surface area (Å²) in [6.45, 7) is 0. The summed E-state index contributed by atoms with van der Waals surface area (Å²) in [6.07, 6.45) is 0. The first-order valence-corrected chi connectivity index (χ1v) is 14.0. The first kappa shape index (κ1) is 24.1. The Morgan fingerprint density at radius 3 is 1.00 bits per heavy atom. The highest BCUT2D eigenvalue weighted by molar-refractivity contribution is 6.18. The largest absolute Gasteiger partial charge is 0.425 e. The van der Waals surface area contributed by atoms with Crippen LogP contribution in [0.5, 0.6) is 0 Å². The van der Waals surface area contributed by atoms with Gasteiger partial charge in [-0.05, 0) is 84.9 Å². The van der Waals surface area contributed by atoms with Crippen LogP contribution in [-0.4, -0.2) is 0 Å². The summed E-state index contributed by atoms with van der Waals surface area (Å²) in [5.41, 5.74) is 8.03. The van der Waals surface area contributed by atoms with Gasteiger partial charge in [0.2, 0.25) is 0 Å². The van der Waals surface area contributed by atoms with Gasteiger partial charge in [0.05, 0.1) is 5.39 Å². The van der Waals surface area contributed by atoms with Crippen molar-refractivity contribution < 1.29 is 8.83 Å². The zero-order valence-corrected chi connectivity index (χ0v) is 22.7. The monoisotopic (exact) mass is 542 g/mol. The Morgan fingerprint density at radius 1 is 0.333 bits per heavy atom. The Balaban J connectivity index is 1.33. The molecular weight excluding hydrogens is 516 g/mol. The molecule has 0 aliphatic carbocycles. The third-order valence-electron chi connectivity index (χ3n) is 7.65. The molecule has 2 heterocycles. The molecule has 0 unspecified atom stereocenters. The molecule has 0 fully saturated rings. The van der Waals surface area contributed by atoms with Crippen LogP contribution in [0.4, 0.5) is 34.1 Å². The van der Waals surface area contributed by atoms with Crippen LogP contribution >= 0.6 is 0 Å². The lowest BCUT2D eigenvalue weighted by Crippen LogP contribution is -2.09. The fourth-order valence-electron chi connectivity index (χ4n) is 5.77. The molecule has 0 aliphatic rings. The maximum Gasteiger partial charge on any atom is 0.299 e. The molecule has 0 atom stereocenters. The van der Waals surface area contributed by atoms with Crippen molar-refractivity contribution in [3.8, 4) is 0 Å². The molecular formula is C38H26N2O2. The number of fused-ring (bicyclic) bond motifs is 5. The van der Waals surface area contributed by atoms with E-state index in [0.29, 0.717) is 5.78 Å². The second kappa shape index (κ2) is 10.0. The summed E-state index contributed by atoms with van der Waals surface area (Å²) in [4.78, 5) is 4.52. The minimum absolute atomic E-state index is 0.534. The molecule has 0 radical (unpaired) electrons. The number of rotatable bonds is 6. The summed E-state index contributed by atoms with van der Waals surface area (Å²) >= 11 is 0. The van der Waals surface area contributed by atoms with Crippen molar-refractivity contribution in [3.05, 3.63) is 158 Å². The molecule has 4 heteroatoms. The summed E-state index contributed by atoms with van der Waals surface area (Å²) in [6, 6.07) is 54.4. The highest BCUT2D eigenvalue weighted by Gasteiger charge is 2.21. The van der Waals surface area contributed by atoms with E-state index in [0.717, 1.165) is 61.4 Å². The lowest BCUT2D eigenvalue weighted by molar-refractivity contribution is 0.524. The van der Waals surface area contributed by atoms with Crippen molar-refractivity contribution in [2.45, 2.75) is 0 Å². The van der Waals surface area contributed by atoms with Gasteiger partial charge in [-0.3, -0.25) is 0 Å². The van der Waals surface area contributed by atoms with Gasteiger partial charge in [0, 0.05) is 44.9 Å². The number of para-hydroxylation sites is 4. The quantitative estimate of drug-likeness (QED) is 0.209. The zero-order valence-electron chi connectivity index (χ0n) is 22.7. The number of nitrogens with zero attached hydrogens (tertiary/aromatic N) is 2. The molecule has 0 N–H and O–H groups in total. The number of benzene rings is 6. The van der Waals surface area contributed by atoms with E-state index < -0.39 is 0 Å². The molecule has 0 spiro atoms. The molecule has 8 rings (SSSR count). The van der Waals surface area contributed by atoms with Crippen molar-refractivity contribution in [1.82, 2.24) is 0 Å². The van der Waals surface area contributed by atoms with Gasteiger partial charge >= 0.3 is 0 Å². The Hall–Kier alpha value is -5.74. The maximum atomic E-state index is 6.25. The normalized spacial score (nSPS) is 11.3. The Labute approximate surface area is 243 Å². The lowest BCUT2D eigenvalue weighted by Gasteiger charge is -2.25. The predicted molar refractivity (Wildman–Crippen MR) is 173 cm³/mol. The van der Waals surface area contributed by atoms with Gasteiger partial charge in [-0.1, -0.05) is 72.8 Å². The van der Waals surface area contributed by atoms with E-state index in [1.807, 2.05) is 36.4 Å². The topological polar surface area (TPSA) is 32.8 Å². The zero-order chi connectivity index (χ0) is 27.9.